The second-order valence-corrected chi connectivity index (χ2v) is 4.00. The van der Waals surface area contributed by atoms with E-state index in [2.05, 4.69) is 5.10 Å². The van der Waals surface area contributed by atoms with Gasteiger partial charge >= 0.3 is 5.97 Å². The molecule has 20 heavy (non-hydrogen) atoms. The van der Waals surface area contributed by atoms with Crippen LogP contribution in [0.25, 0.3) is 0 Å². The Morgan fingerprint density at radius 3 is 2.65 bits per heavy atom. The van der Waals surface area contributed by atoms with Crippen molar-refractivity contribution in [2.75, 3.05) is 6.61 Å². The molecule has 2 rings (SSSR count). The van der Waals surface area contributed by atoms with Crippen LogP contribution in [0.3, 0.4) is 0 Å². The summed E-state index contributed by atoms with van der Waals surface area (Å²) in [5.74, 6) is -3.82. The van der Waals surface area contributed by atoms with E-state index < -0.39 is 23.4 Å². The first kappa shape index (κ1) is 14.1. The van der Waals surface area contributed by atoms with Gasteiger partial charge < -0.3 is 4.74 Å². The highest BCUT2D eigenvalue weighted by Crippen LogP contribution is 2.15. The number of nitrogens with zero attached hydrogens (tertiary/aromatic N) is 2. The third kappa shape index (κ3) is 2.98. The Balaban J connectivity index is 2.19. The third-order valence-electron chi connectivity index (χ3n) is 2.57. The molecule has 0 atom stereocenters. The minimum atomic E-state index is -1.25. The molecule has 7 heteroatoms. The van der Waals surface area contributed by atoms with Gasteiger partial charge in [-0.15, -0.1) is 0 Å². The smallest absolute Gasteiger partial charge is 0.341 e. The van der Waals surface area contributed by atoms with Crippen LogP contribution in [0.2, 0.25) is 0 Å². The van der Waals surface area contributed by atoms with E-state index in [1.807, 2.05) is 0 Å². The van der Waals surface area contributed by atoms with Crippen molar-refractivity contribution in [1.82, 2.24) is 9.78 Å². The average molecular weight is 284 g/mol. The van der Waals surface area contributed by atoms with E-state index >= 15 is 0 Å². The monoisotopic (exact) mass is 284 g/mol. The van der Waals surface area contributed by atoms with Crippen molar-refractivity contribution in [1.29, 1.82) is 0 Å². The van der Waals surface area contributed by atoms with Crippen molar-refractivity contribution < 1.29 is 22.7 Å². The molecule has 0 radical (unpaired) electrons. The summed E-state index contributed by atoms with van der Waals surface area (Å²) < 4.78 is 45.3. The number of hydrogen-bond acceptors (Lipinski definition) is 3. The van der Waals surface area contributed by atoms with E-state index in [1.165, 1.54) is 17.1 Å². The maximum atomic E-state index is 13.5. The Bertz CT molecular complexity index is 641. The molecule has 0 spiro atoms. The van der Waals surface area contributed by atoms with Crippen LogP contribution in [0.5, 0.6) is 0 Å². The molecule has 0 bridgehead atoms. The van der Waals surface area contributed by atoms with E-state index in [4.69, 9.17) is 4.74 Å². The van der Waals surface area contributed by atoms with Gasteiger partial charge in [-0.2, -0.15) is 5.10 Å². The zero-order valence-corrected chi connectivity index (χ0v) is 10.6. The first-order valence-corrected chi connectivity index (χ1v) is 5.84. The summed E-state index contributed by atoms with van der Waals surface area (Å²) >= 11 is 0. The number of hydrogen-bond donors (Lipinski definition) is 0. The number of carbonyl (C=O) groups is 1. The molecule has 0 saturated heterocycles. The predicted octanol–water partition coefficient (Wildman–Crippen LogP) is 2.53. The first-order chi connectivity index (χ1) is 9.51. The molecule has 106 valence electrons. The van der Waals surface area contributed by atoms with Crippen molar-refractivity contribution in [2.24, 2.45) is 0 Å². The molecule has 0 aliphatic heterocycles. The van der Waals surface area contributed by atoms with Gasteiger partial charge in [0, 0.05) is 17.8 Å². The molecule has 0 saturated carbocycles. The summed E-state index contributed by atoms with van der Waals surface area (Å²) in [5.41, 5.74) is 0.136. The van der Waals surface area contributed by atoms with Gasteiger partial charge in [0.1, 0.15) is 5.82 Å². The van der Waals surface area contributed by atoms with Crippen LogP contribution in [0.15, 0.2) is 24.5 Å². The summed E-state index contributed by atoms with van der Waals surface area (Å²) in [7, 11) is 0. The standard InChI is InChI=1S/C13H11F3N2O2/c1-2-20-13(19)9-5-17-18(7-9)6-8-3-11(15)12(16)4-10(8)14/h3-5,7H,2,6H2,1H3. The summed E-state index contributed by atoms with van der Waals surface area (Å²) in [6.07, 6.45) is 2.61. The molecule has 1 aromatic heterocycles. The minimum absolute atomic E-state index is 0.0672. The highest BCUT2D eigenvalue weighted by molar-refractivity contribution is 5.88. The molecule has 0 aliphatic rings. The van der Waals surface area contributed by atoms with Crippen molar-refractivity contribution in [2.45, 2.75) is 13.5 Å². The van der Waals surface area contributed by atoms with E-state index in [1.54, 1.807) is 6.92 Å². The summed E-state index contributed by atoms with van der Waals surface area (Å²) in [5, 5.41) is 3.84. The van der Waals surface area contributed by atoms with Crippen LogP contribution in [0.1, 0.15) is 22.8 Å². The quantitative estimate of drug-likeness (QED) is 0.640. The van der Waals surface area contributed by atoms with Crippen molar-refractivity contribution in [3.05, 3.63) is 53.1 Å². The molecule has 1 heterocycles. The molecule has 2 aromatic rings. The number of ether oxygens (including phenoxy) is 1. The highest BCUT2D eigenvalue weighted by atomic mass is 19.2. The fourth-order valence-corrected chi connectivity index (χ4v) is 1.63. The Morgan fingerprint density at radius 2 is 1.95 bits per heavy atom. The lowest BCUT2D eigenvalue weighted by molar-refractivity contribution is 0.0526. The van der Waals surface area contributed by atoms with Gasteiger partial charge in [-0.05, 0) is 13.0 Å². The summed E-state index contributed by atoms with van der Waals surface area (Å²) in [6.45, 7) is 1.77. The number of rotatable bonds is 4. The first-order valence-electron chi connectivity index (χ1n) is 5.84. The molecule has 0 N–H and O–H groups in total. The van der Waals surface area contributed by atoms with Crippen LogP contribution in [-0.4, -0.2) is 22.4 Å². The maximum Gasteiger partial charge on any atom is 0.341 e. The van der Waals surface area contributed by atoms with E-state index in [-0.39, 0.29) is 24.3 Å². The van der Waals surface area contributed by atoms with Gasteiger partial charge in [-0.25, -0.2) is 18.0 Å². The second kappa shape index (κ2) is 5.77. The van der Waals surface area contributed by atoms with Crippen LogP contribution in [0, 0.1) is 17.5 Å². The summed E-state index contributed by atoms with van der Waals surface area (Å²) in [4.78, 5) is 11.4. The number of halogens is 3. The lowest BCUT2D eigenvalue weighted by Gasteiger charge is -2.04. The lowest BCUT2D eigenvalue weighted by Crippen LogP contribution is -2.05. The van der Waals surface area contributed by atoms with Gasteiger partial charge in [-0.3, -0.25) is 4.68 Å². The molecular weight excluding hydrogens is 273 g/mol. The van der Waals surface area contributed by atoms with E-state index in [0.29, 0.717) is 6.07 Å². The molecule has 0 amide bonds. The number of benzene rings is 1. The van der Waals surface area contributed by atoms with E-state index in [0.717, 1.165) is 6.07 Å². The predicted molar refractivity (Wildman–Crippen MR) is 63.6 cm³/mol. The topological polar surface area (TPSA) is 44.1 Å². The Hall–Kier alpha value is -2.31. The van der Waals surface area contributed by atoms with Gasteiger partial charge in [-0.1, -0.05) is 0 Å². The fraction of sp³-hybridized carbons (Fsp3) is 0.231. The zero-order valence-electron chi connectivity index (χ0n) is 10.6. The SMILES string of the molecule is CCOC(=O)c1cnn(Cc2cc(F)c(F)cc2F)c1. The highest BCUT2D eigenvalue weighted by Gasteiger charge is 2.13. The van der Waals surface area contributed by atoms with E-state index in [9.17, 15) is 18.0 Å². The fourth-order valence-electron chi connectivity index (χ4n) is 1.63. The normalized spacial score (nSPS) is 10.6. The largest absolute Gasteiger partial charge is 0.462 e. The Kier molecular flexibility index (Phi) is 4.07. The van der Waals surface area contributed by atoms with Crippen molar-refractivity contribution in [3.63, 3.8) is 0 Å². The summed E-state index contributed by atoms with van der Waals surface area (Å²) in [6, 6.07) is 1.23. The van der Waals surface area contributed by atoms with Crippen molar-refractivity contribution >= 4 is 5.97 Å². The molecular formula is C13H11F3N2O2. The average Bonchev–Trinajstić information content (AvgIpc) is 2.85. The minimum Gasteiger partial charge on any atom is -0.462 e. The molecule has 4 nitrogen and oxygen atoms in total. The van der Waals surface area contributed by atoms with Gasteiger partial charge in [0.25, 0.3) is 0 Å². The van der Waals surface area contributed by atoms with Crippen LogP contribution >= 0.6 is 0 Å². The van der Waals surface area contributed by atoms with Gasteiger partial charge in [0.05, 0.1) is 24.9 Å². The van der Waals surface area contributed by atoms with Gasteiger partial charge in [0.2, 0.25) is 0 Å². The van der Waals surface area contributed by atoms with Crippen LogP contribution in [0.4, 0.5) is 13.2 Å². The number of aromatic nitrogens is 2. The van der Waals surface area contributed by atoms with Crippen molar-refractivity contribution in [3.8, 4) is 0 Å². The molecule has 0 fully saturated rings. The van der Waals surface area contributed by atoms with Crippen LogP contribution in [-0.2, 0) is 11.3 Å². The lowest BCUT2D eigenvalue weighted by atomic mass is 10.2. The third-order valence-corrected chi connectivity index (χ3v) is 2.57. The number of esters is 1. The Labute approximate surface area is 112 Å². The zero-order chi connectivity index (χ0) is 14.7. The number of carbonyl (C=O) groups excluding carboxylic acids is 1. The molecule has 0 aliphatic carbocycles. The van der Waals surface area contributed by atoms with Gasteiger partial charge in [0.15, 0.2) is 11.6 Å². The second-order valence-electron chi connectivity index (χ2n) is 4.00. The van der Waals surface area contributed by atoms with Crippen LogP contribution < -0.4 is 0 Å². The molecule has 1 aromatic carbocycles. The maximum absolute atomic E-state index is 13.5. The Morgan fingerprint density at radius 1 is 1.25 bits per heavy atom. The molecule has 0 unspecified atom stereocenters.